The number of piperidine rings is 1. The Bertz CT molecular complexity index is 643. The topological polar surface area (TPSA) is 85.3 Å². The number of carbonyl (C=O) groups excluding carboxylic acids is 1. The van der Waals surface area contributed by atoms with Gasteiger partial charge in [0.25, 0.3) is 0 Å². The van der Waals surface area contributed by atoms with Gasteiger partial charge in [-0.25, -0.2) is 8.42 Å². The van der Waals surface area contributed by atoms with E-state index in [1.54, 1.807) is 27.8 Å². The van der Waals surface area contributed by atoms with Crippen LogP contribution in [0.3, 0.4) is 0 Å². The zero-order valence-electron chi connectivity index (χ0n) is 17.9. The van der Waals surface area contributed by atoms with E-state index in [0.29, 0.717) is 13.1 Å². The Balaban J connectivity index is 1.75. The van der Waals surface area contributed by atoms with Gasteiger partial charge in [0.15, 0.2) is 15.8 Å². The van der Waals surface area contributed by atoms with Crippen LogP contribution in [0.15, 0.2) is 4.99 Å². The molecular weight excluding hydrogens is 378 g/mol. The van der Waals surface area contributed by atoms with Gasteiger partial charge in [-0.2, -0.15) is 0 Å². The molecule has 0 radical (unpaired) electrons. The van der Waals surface area contributed by atoms with Crippen LogP contribution in [0.4, 0.5) is 0 Å². The van der Waals surface area contributed by atoms with Crippen molar-refractivity contribution >= 4 is 21.7 Å². The number of aliphatic imine (C=N–C) groups is 1. The van der Waals surface area contributed by atoms with Gasteiger partial charge in [-0.3, -0.25) is 14.7 Å². The lowest BCUT2D eigenvalue weighted by atomic mass is 10.1. The minimum atomic E-state index is -3.15. The van der Waals surface area contributed by atoms with Crippen molar-refractivity contribution in [1.82, 2.24) is 20.0 Å². The first-order chi connectivity index (χ1) is 13.1. The molecule has 2 heterocycles. The SMILES string of the molecule is CN=C(NCCS(=O)(=O)C(C)(C)C)N1CCN(CC(=O)N2CCCCC2)CC1. The predicted molar refractivity (Wildman–Crippen MR) is 113 cm³/mol. The highest BCUT2D eigenvalue weighted by molar-refractivity contribution is 7.92. The van der Waals surface area contributed by atoms with Crippen LogP contribution in [0, 0.1) is 0 Å². The summed E-state index contributed by atoms with van der Waals surface area (Å²) in [4.78, 5) is 23.0. The van der Waals surface area contributed by atoms with Gasteiger partial charge in [-0.05, 0) is 40.0 Å². The third kappa shape index (κ3) is 6.34. The zero-order valence-corrected chi connectivity index (χ0v) is 18.7. The normalized spacial score (nSPS) is 20.4. The van der Waals surface area contributed by atoms with Gasteiger partial charge in [0.2, 0.25) is 5.91 Å². The molecule has 2 saturated heterocycles. The fraction of sp³-hybridized carbons (Fsp3) is 0.895. The molecule has 2 aliphatic rings. The number of nitrogens with one attached hydrogen (secondary N) is 1. The number of hydrogen-bond acceptors (Lipinski definition) is 5. The molecule has 0 bridgehead atoms. The molecule has 1 amide bonds. The molecule has 2 fully saturated rings. The first-order valence-corrected chi connectivity index (χ1v) is 12.0. The molecule has 2 aliphatic heterocycles. The summed E-state index contributed by atoms with van der Waals surface area (Å²) in [6, 6.07) is 0. The van der Waals surface area contributed by atoms with Crippen LogP contribution in [-0.2, 0) is 14.6 Å². The largest absolute Gasteiger partial charge is 0.355 e. The van der Waals surface area contributed by atoms with E-state index in [0.717, 1.165) is 58.1 Å². The van der Waals surface area contributed by atoms with E-state index in [1.165, 1.54) is 6.42 Å². The molecule has 0 aromatic heterocycles. The molecule has 0 aromatic carbocycles. The van der Waals surface area contributed by atoms with E-state index in [1.807, 2.05) is 4.90 Å². The number of nitrogens with zero attached hydrogens (tertiary/aromatic N) is 4. The summed E-state index contributed by atoms with van der Waals surface area (Å²) in [6.45, 7) is 11.0. The Hall–Kier alpha value is -1.35. The molecule has 9 heteroatoms. The maximum absolute atomic E-state index is 12.4. The van der Waals surface area contributed by atoms with Gasteiger partial charge in [-0.1, -0.05) is 0 Å². The summed E-state index contributed by atoms with van der Waals surface area (Å²) in [5, 5.41) is 3.18. The van der Waals surface area contributed by atoms with Crippen molar-refractivity contribution in [3.8, 4) is 0 Å². The first kappa shape index (κ1) is 22.9. The highest BCUT2D eigenvalue weighted by atomic mass is 32.2. The van der Waals surface area contributed by atoms with Crippen molar-refractivity contribution in [2.24, 2.45) is 4.99 Å². The number of likely N-dealkylation sites (tertiary alicyclic amines) is 1. The summed E-state index contributed by atoms with van der Waals surface area (Å²) in [7, 11) is -1.44. The molecule has 162 valence electrons. The number of carbonyl (C=O) groups is 1. The third-order valence-corrected chi connectivity index (χ3v) is 8.15. The number of amides is 1. The van der Waals surface area contributed by atoms with E-state index in [-0.39, 0.29) is 11.7 Å². The number of rotatable bonds is 5. The minimum absolute atomic E-state index is 0.0832. The third-order valence-electron chi connectivity index (χ3n) is 5.54. The minimum Gasteiger partial charge on any atom is -0.355 e. The molecule has 2 rings (SSSR count). The average molecular weight is 416 g/mol. The molecule has 0 unspecified atom stereocenters. The van der Waals surface area contributed by atoms with Crippen LogP contribution in [0.2, 0.25) is 0 Å². The standard InChI is InChI=1S/C19H37N5O3S/c1-19(2,3)28(26,27)15-8-21-18(20-4)24-13-11-22(12-14-24)16-17(25)23-9-6-5-7-10-23/h5-16H2,1-4H3,(H,20,21). The summed E-state index contributed by atoms with van der Waals surface area (Å²) in [5.41, 5.74) is 0. The van der Waals surface area contributed by atoms with Crippen LogP contribution < -0.4 is 5.32 Å². The second-order valence-electron chi connectivity index (χ2n) is 8.61. The highest BCUT2D eigenvalue weighted by Gasteiger charge is 2.29. The molecular formula is C19H37N5O3S. The van der Waals surface area contributed by atoms with Gasteiger partial charge >= 0.3 is 0 Å². The van der Waals surface area contributed by atoms with E-state index in [2.05, 4.69) is 20.1 Å². The maximum atomic E-state index is 12.4. The fourth-order valence-electron chi connectivity index (χ4n) is 3.49. The molecule has 1 N–H and O–H groups in total. The van der Waals surface area contributed by atoms with Crippen LogP contribution in [-0.4, -0.2) is 105 Å². The summed E-state index contributed by atoms with van der Waals surface area (Å²) in [6.07, 6.45) is 3.46. The summed E-state index contributed by atoms with van der Waals surface area (Å²) >= 11 is 0. The van der Waals surface area contributed by atoms with Crippen molar-refractivity contribution in [2.75, 3.05) is 65.2 Å². The smallest absolute Gasteiger partial charge is 0.236 e. The Morgan fingerprint density at radius 1 is 0.964 bits per heavy atom. The van der Waals surface area contributed by atoms with E-state index in [9.17, 15) is 13.2 Å². The van der Waals surface area contributed by atoms with Gasteiger partial charge in [0.05, 0.1) is 17.0 Å². The van der Waals surface area contributed by atoms with Crippen molar-refractivity contribution in [2.45, 2.75) is 44.8 Å². The number of piperazine rings is 1. The van der Waals surface area contributed by atoms with Crippen LogP contribution in [0.5, 0.6) is 0 Å². The lowest BCUT2D eigenvalue weighted by Gasteiger charge is -2.37. The van der Waals surface area contributed by atoms with Crippen LogP contribution in [0.25, 0.3) is 0 Å². The van der Waals surface area contributed by atoms with Gasteiger partial charge in [-0.15, -0.1) is 0 Å². The van der Waals surface area contributed by atoms with Gasteiger partial charge in [0, 0.05) is 52.9 Å². The quantitative estimate of drug-likeness (QED) is 0.517. The van der Waals surface area contributed by atoms with Crippen LogP contribution >= 0.6 is 0 Å². The van der Waals surface area contributed by atoms with Crippen LogP contribution in [0.1, 0.15) is 40.0 Å². The highest BCUT2D eigenvalue weighted by Crippen LogP contribution is 2.15. The number of hydrogen-bond donors (Lipinski definition) is 1. The Labute approximate surface area is 170 Å². The molecule has 28 heavy (non-hydrogen) atoms. The second kappa shape index (κ2) is 9.91. The predicted octanol–water partition coefficient (Wildman–Crippen LogP) is 0.405. The maximum Gasteiger partial charge on any atom is 0.236 e. The molecule has 0 saturated carbocycles. The van der Waals surface area contributed by atoms with E-state index in [4.69, 9.17) is 0 Å². The van der Waals surface area contributed by atoms with Crippen molar-refractivity contribution in [1.29, 1.82) is 0 Å². The van der Waals surface area contributed by atoms with E-state index < -0.39 is 14.6 Å². The Kier molecular flexibility index (Phi) is 8.12. The number of sulfone groups is 1. The molecule has 8 nitrogen and oxygen atoms in total. The number of guanidine groups is 1. The average Bonchev–Trinajstić information content (AvgIpc) is 2.66. The lowest BCUT2D eigenvalue weighted by Crippen LogP contribution is -2.55. The Morgan fingerprint density at radius 2 is 1.57 bits per heavy atom. The summed E-state index contributed by atoms with van der Waals surface area (Å²) < 4.78 is 23.7. The zero-order chi connectivity index (χ0) is 20.8. The molecule has 0 atom stereocenters. The van der Waals surface area contributed by atoms with Gasteiger partial charge in [0.1, 0.15) is 0 Å². The van der Waals surface area contributed by atoms with Crippen molar-refractivity contribution < 1.29 is 13.2 Å². The van der Waals surface area contributed by atoms with E-state index >= 15 is 0 Å². The first-order valence-electron chi connectivity index (χ1n) is 10.3. The Morgan fingerprint density at radius 3 is 2.11 bits per heavy atom. The lowest BCUT2D eigenvalue weighted by molar-refractivity contribution is -0.133. The summed E-state index contributed by atoms with van der Waals surface area (Å²) in [5.74, 6) is 1.05. The second-order valence-corrected chi connectivity index (χ2v) is 11.5. The molecule has 0 aromatic rings. The van der Waals surface area contributed by atoms with Crippen molar-refractivity contribution in [3.05, 3.63) is 0 Å². The monoisotopic (exact) mass is 415 g/mol. The van der Waals surface area contributed by atoms with Crippen molar-refractivity contribution in [3.63, 3.8) is 0 Å². The molecule has 0 spiro atoms. The fourth-order valence-corrected chi connectivity index (χ4v) is 4.47. The molecule has 0 aliphatic carbocycles. The van der Waals surface area contributed by atoms with Gasteiger partial charge < -0.3 is 15.1 Å².